The van der Waals surface area contributed by atoms with Crippen LogP contribution in [0.15, 0.2) is 0 Å². The SMILES string of the molecule is O=C(CCCCCCCCCCC(=O)OCCOCCOCCOCCOCCOCCO)OCCOCCOCCOCCOCCOCCO. The lowest BCUT2D eigenvalue weighted by molar-refractivity contribution is -0.146. The zero-order valence-electron chi connectivity index (χ0n) is 31.7. The van der Waals surface area contributed by atoms with Crippen molar-refractivity contribution in [3.05, 3.63) is 0 Å². The van der Waals surface area contributed by atoms with Crippen molar-refractivity contribution in [2.24, 2.45) is 0 Å². The second-order valence-electron chi connectivity index (χ2n) is 11.3. The zero-order chi connectivity index (χ0) is 37.7. The quantitative estimate of drug-likeness (QED) is 0.0679. The molecule has 52 heavy (non-hydrogen) atoms. The fraction of sp³-hybridized carbons (Fsp3) is 0.944. The van der Waals surface area contributed by atoms with Crippen LogP contribution in [0.5, 0.6) is 0 Å². The Hall–Kier alpha value is -1.54. The third kappa shape index (κ3) is 44.6. The number of hydrogen-bond donors (Lipinski definition) is 2. The first kappa shape index (κ1) is 50.5. The van der Waals surface area contributed by atoms with E-state index in [2.05, 4.69) is 0 Å². The Bertz CT molecular complexity index is 660. The van der Waals surface area contributed by atoms with Crippen LogP contribution in [0.1, 0.15) is 64.2 Å². The molecule has 0 atom stereocenters. The van der Waals surface area contributed by atoms with Gasteiger partial charge in [-0.2, -0.15) is 0 Å². The lowest BCUT2D eigenvalue weighted by Gasteiger charge is -2.08. The van der Waals surface area contributed by atoms with Gasteiger partial charge in [-0.25, -0.2) is 0 Å². The van der Waals surface area contributed by atoms with E-state index in [0.717, 1.165) is 51.4 Å². The Morgan fingerprint density at radius 2 is 0.462 bits per heavy atom. The summed E-state index contributed by atoms with van der Waals surface area (Å²) < 4.78 is 63.7. The van der Waals surface area contributed by atoms with Crippen molar-refractivity contribution >= 4 is 11.9 Å². The molecule has 0 aliphatic heterocycles. The molecule has 16 nitrogen and oxygen atoms in total. The van der Waals surface area contributed by atoms with Crippen LogP contribution in [-0.2, 0) is 66.4 Å². The summed E-state index contributed by atoms with van der Waals surface area (Å²) in [5.41, 5.74) is 0. The number of carbonyl (C=O) groups is 2. The number of carbonyl (C=O) groups excluding carboxylic acids is 2. The van der Waals surface area contributed by atoms with Crippen molar-refractivity contribution in [3.63, 3.8) is 0 Å². The third-order valence-corrected chi connectivity index (χ3v) is 6.94. The Morgan fingerprint density at radius 1 is 0.269 bits per heavy atom. The Morgan fingerprint density at radius 3 is 0.692 bits per heavy atom. The van der Waals surface area contributed by atoms with E-state index in [9.17, 15) is 9.59 Å². The number of unbranched alkanes of at least 4 members (excludes halogenated alkanes) is 7. The van der Waals surface area contributed by atoms with E-state index in [1.165, 1.54) is 0 Å². The standard InChI is InChI=1S/C36H70O16/c37-11-13-41-15-17-43-19-21-45-23-25-47-27-29-49-31-33-51-35(39)9-7-5-3-1-2-4-6-8-10-36(40)52-34-32-50-30-28-48-26-24-46-22-20-44-18-16-42-14-12-38/h37-38H,1-34H2. The molecule has 0 heterocycles. The largest absolute Gasteiger partial charge is 0.463 e. The van der Waals surface area contributed by atoms with Gasteiger partial charge in [0, 0.05) is 12.8 Å². The van der Waals surface area contributed by atoms with Crippen LogP contribution in [0.3, 0.4) is 0 Å². The summed E-state index contributed by atoms with van der Waals surface area (Å²) >= 11 is 0. The van der Waals surface area contributed by atoms with E-state index in [4.69, 9.17) is 67.1 Å². The van der Waals surface area contributed by atoms with Gasteiger partial charge in [-0.1, -0.05) is 38.5 Å². The molecular weight excluding hydrogens is 688 g/mol. The number of ether oxygens (including phenoxy) is 12. The maximum Gasteiger partial charge on any atom is 0.305 e. The van der Waals surface area contributed by atoms with Gasteiger partial charge >= 0.3 is 11.9 Å². The van der Waals surface area contributed by atoms with E-state index >= 15 is 0 Å². The van der Waals surface area contributed by atoms with E-state index in [1.807, 2.05) is 0 Å². The molecule has 0 saturated heterocycles. The number of rotatable bonds is 45. The number of aliphatic hydroxyl groups is 2. The van der Waals surface area contributed by atoms with Gasteiger partial charge in [0.05, 0.1) is 145 Å². The lowest BCUT2D eigenvalue weighted by atomic mass is 10.1. The number of esters is 2. The summed E-state index contributed by atoms with van der Waals surface area (Å²) in [6, 6.07) is 0. The van der Waals surface area contributed by atoms with Crippen LogP contribution in [0, 0.1) is 0 Å². The molecule has 0 rings (SSSR count). The van der Waals surface area contributed by atoms with Crippen LogP contribution in [-0.4, -0.2) is 181 Å². The Labute approximate surface area is 311 Å². The highest BCUT2D eigenvalue weighted by molar-refractivity contribution is 5.69. The van der Waals surface area contributed by atoms with Crippen LogP contribution in [0.2, 0.25) is 0 Å². The Kier molecular flexibility index (Phi) is 44.3. The molecule has 0 spiro atoms. The predicted octanol–water partition coefficient (Wildman–Crippen LogP) is 2.12. The fourth-order valence-corrected chi connectivity index (χ4v) is 4.27. The van der Waals surface area contributed by atoms with Gasteiger partial charge in [0.1, 0.15) is 13.2 Å². The van der Waals surface area contributed by atoms with Gasteiger partial charge in [0.2, 0.25) is 0 Å². The topological polar surface area (TPSA) is 185 Å². The minimum atomic E-state index is -0.194. The van der Waals surface area contributed by atoms with Gasteiger partial charge in [0.25, 0.3) is 0 Å². The summed E-state index contributed by atoms with van der Waals surface area (Å²) in [7, 11) is 0. The summed E-state index contributed by atoms with van der Waals surface area (Å²) in [6.07, 6.45) is 8.87. The molecule has 2 N–H and O–H groups in total. The van der Waals surface area contributed by atoms with Gasteiger partial charge in [-0.3, -0.25) is 9.59 Å². The van der Waals surface area contributed by atoms with Crippen molar-refractivity contribution in [2.45, 2.75) is 64.2 Å². The van der Waals surface area contributed by atoms with Crippen molar-refractivity contribution in [3.8, 4) is 0 Å². The van der Waals surface area contributed by atoms with Gasteiger partial charge < -0.3 is 67.1 Å². The summed E-state index contributed by atoms with van der Waals surface area (Å²) in [5.74, 6) is -0.387. The maximum absolute atomic E-state index is 11.9. The minimum Gasteiger partial charge on any atom is -0.463 e. The number of aliphatic hydroxyl groups excluding tert-OH is 2. The third-order valence-electron chi connectivity index (χ3n) is 6.94. The van der Waals surface area contributed by atoms with Crippen LogP contribution in [0.4, 0.5) is 0 Å². The molecule has 0 bridgehead atoms. The molecule has 0 aromatic heterocycles. The molecule has 310 valence electrons. The molecule has 0 unspecified atom stereocenters. The van der Waals surface area contributed by atoms with E-state index in [-0.39, 0.29) is 38.4 Å². The van der Waals surface area contributed by atoms with Crippen LogP contribution >= 0.6 is 0 Å². The molecule has 0 aromatic rings. The van der Waals surface area contributed by atoms with Crippen molar-refractivity contribution in [1.29, 1.82) is 0 Å². The highest BCUT2D eigenvalue weighted by Gasteiger charge is 2.04. The first-order valence-electron chi connectivity index (χ1n) is 19.0. The normalized spacial score (nSPS) is 11.3. The van der Waals surface area contributed by atoms with E-state index in [1.54, 1.807) is 0 Å². The highest BCUT2D eigenvalue weighted by atomic mass is 16.6. The Balaban J connectivity index is 3.22. The monoisotopic (exact) mass is 758 g/mol. The molecular formula is C36H70O16. The zero-order valence-corrected chi connectivity index (χ0v) is 31.7. The first-order valence-corrected chi connectivity index (χ1v) is 19.0. The molecule has 0 aliphatic carbocycles. The molecule has 0 fully saturated rings. The van der Waals surface area contributed by atoms with Crippen molar-refractivity contribution < 1.29 is 76.6 Å². The maximum atomic E-state index is 11.9. The second kappa shape index (κ2) is 45.6. The molecule has 0 amide bonds. The lowest BCUT2D eigenvalue weighted by Crippen LogP contribution is -2.15. The molecule has 16 heteroatoms. The van der Waals surface area contributed by atoms with Crippen LogP contribution < -0.4 is 0 Å². The average Bonchev–Trinajstić information content (AvgIpc) is 3.14. The summed E-state index contributed by atoms with van der Waals surface area (Å²) in [4.78, 5) is 23.7. The van der Waals surface area contributed by atoms with Gasteiger partial charge in [-0.15, -0.1) is 0 Å². The summed E-state index contributed by atoms with van der Waals surface area (Å²) in [6.45, 7) is 9.23. The molecule has 0 saturated carbocycles. The van der Waals surface area contributed by atoms with Crippen LogP contribution in [0.25, 0.3) is 0 Å². The minimum absolute atomic E-state index is 0.0130. The van der Waals surface area contributed by atoms with Crippen molar-refractivity contribution in [1.82, 2.24) is 0 Å². The summed E-state index contributed by atoms with van der Waals surface area (Å²) in [5, 5.41) is 17.2. The molecule has 0 aromatic carbocycles. The highest BCUT2D eigenvalue weighted by Crippen LogP contribution is 2.11. The number of hydrogen-bond acceptors (Lipinski definition) is 16. The van der Waals surface area contributed by atoms with E-state index in [0.29, 0.717) is 145 Å². The van der Waals surface area contributed by atoms with E-state index < -0.39 is 0 Å². The first-order chi connectivity index (χ1) is 25.7. The molecule has 0 radical (unpaired) electrons. The average molecular weight is 759 g/mol. The van der Waals surface area contributed by atoms with Crippen molar-refractivity contribution in [2.75, 3.05) is 159 Å². The fourth-order valence-electron chi connectivity index (χ4n) is 4.27. The smallest absolute Gasteiger partial charge is 0.305 e. The van der Waals surface area contributed by atoms with Gasteiger partial charge in [0.15, 0.2) is 0 Å². The van der Waals surface area contributed by atoms with Gasteiger partial charge in [-0.05, 0) is 12.8 Å². The predicted molar refractivity (Wildman–Crippen MR) is 190 cm³/mol. The molecule has 0 aliphatic rings. The second-order valence-corrected chi connectivity index (χ2v) is 11.3.